The van der Waals surface area contributed by atoms with Gasteiger partial charge >= 0.3 is 0 Å². The summed E-state index contributed by atoms with van der Waals surface area (Å²) < 4.78 is 1.78. The van der Waals surface area contributed by atoms with E-state index in [0.29, 0.717) is 27.3 Å². The number of benzene rings is 2. The summed E-state index contributed by atoms with van der Waals surface area (Å²) in [6.45, 7) is 5.96. The second-order valence-corrected chi connectivity index (χ2v) is 10.2. The van der Waals surface area contributed by atoms with Crippen LogP contribution in [-0.4, -0.2) is 32.3 Å². The van der Waals surface area contributed by atoms with Crippen molar-refractivity contribution >= 4 is 64.1 Å². The Kier molecular flexibility index (Phi) is 8.87. The molecule has 34 heavy (non-hydrogen) atoms. The largest absolute Gasteiger partial charge is 0.342 e. The number of nitrogens with one attached hydrogen (secondary N) is 2. The summed E-state index contributed by atoms with van der Waals surface area (Å²) in [5, 5.41) is 15.7. The standard InChI is InChI=1S/C23H24Cl3N5O2S/c1-12(2)19(28-22(33)14-7-5-13(3)6-8-14)21-29-30-23(31(21)4)34-11-18(32)27-20-16(25)9-15(24)10-17(20)26/h5-10,12,19H,11H2,1-4H3,(H,27,32)(H,28,33)/t19-/m0/s1. The highest BCUT2D eigenvalue weighted by molar-refractivity contribution is 7.99. The number of rotatable bonds is 8. The molecule has 7 nitrogen and oxygen atoms in total. The summed E-state index contributed by atoms with van der Waals surface area (Å²) in [7, 11) is 1.80. The molecule has 2 aromatic carbocycles. The van der Waals surface area contributed by atoms with Crippen LogP contribution in [0.5, 0.6) is 0 Å². The Morgan fingerprint density at radius 1 is 1.06 bits per heavy atom. The third-order valence-electron chi connectivity index (χ3n) is 5.02. The molecule has 0 fully saturated rings. The molecule has 3 aromatic rings. The van der Waals surface area contributed by atoms with Crippen molar-refractivity contribution < 1.29 is 9.59 Å². The van der Waals surface area contributed by atoms with Gasteiger partial charge in [0.2, 0.25) is 5.91 Å². The van der Waals surface area contributed by atoms with Crippen LogP contribution in [0, 0.1) is 12.8 Å². The number of thioether (sulfide) groups is 1. The molecule has 0 radical (unpaired) electrons. The van der Waals surface area contributed by atoms with Crippen molar-refractivity contribution in [2.24, 2.45) is 13.0 Å². The first-order valence-corrected chi connectivity index (χ1v) is 12.5. The van der Waals surface area contributed by atoms with E-state index in [-0.39, 0.29) is 39.6 Å². The normalized spacial score (nSPS) is 12.0. The van der Waals surface area contributed by atoms with Crippen LogP contribution in [0.3, 0.4) is 0 Å². The molecule has 180 valence electrons. The maximum atomic E-state index is 12.8. The van der Waals surface area contributed by atoms with E-state index in [9.17, 15) is 9.59 Å². The fourth-order valence-corrected chi connectivity index (χ4v) is 4.78. The molecule has 3 rings (SSSR count). The average molecular weight is 541 g/mol. The molecule has 0 aliphatic rings. The van der Waals surface area contributed by atoms with Crippen LogP contribution in [0.15, 0.2) is 41.6 Å². The van der Waals surface area contributed by atoms with Gasteiger partial charge in [-0.1, -0.05) is 78.1 Å². The van der Waals surface area contributed by atoms with E-state index in [1.165, 1.54) is 23.9 Å². The number of amides is 2. The van der Waals surface area contributed by atoms with E-state index in [0.717, 1.165) is 5.56 Å². The molecule has 0 aliphatic heterocycles. The number of carbonyl (C=O) groups is 2. The number of carbonyl (C=O) groups excluding carboxylic acids is 2. The smallest absolute Gasteiger partial charge is 0.251 e. The van der Waals surface area contributed by atoms with Crippen molar-refractivity contribution in [3.8, 4) is 0 Å². The number of aromatic nitrogens is 3. The minimum atomic E-state index is -0.360. The van der Waals surface area contributed by atoms with Gasteiger partial charge in [0.15, 0.2) is 11.0 Å². The molecule has 0 saturated heterocycles. The van der Waals surface area contributed by atoms with Crippen LogP contribution >= 0.6 is 46.6 Å². The van der Waals surface area contributed by atoms with Crippen LogP contribution in [0.1, 0.15) is 41.6 Å². The van der Waals surface area contributed by atoms with E-state index in [1.54, 1.807) is 23.7 Å². The predicted octanol–water partition coefficient (Wildman–Crippen LogP) is 5.94. The van der Waals surface area contributed by atoms with Gasteiger partial charge in [0.05, 0.1) is 27.5 Å². The van der Waals surface area contributed by atoms with Crippen molar-refractivity contribution in [2.45, 2.75) is 32.0 Å². The van der Waals surface area contributed by atoms with Gasteiger partial charge in [0.1, 0.15) is 0 Å². The third-order valence-corrected chi connectivity index (χ3v) is 6.85. The predicted molar refractivity (Wildman–Crippen MR) is 138 cm³/mol. The molecule has 0 saturated carbocycles. The van der Waals surface area contributed by atoms with Gasteiger partial charge in [-0.3, -0.25) is 9.59 Å². The lowest BCUT2D eigenvalue weighted by molar-refractivity contribution is -0.113. The van der Waals surface area contributed by atoms with Gasteiger partial charge in [-0.25, -0.2) is 0 Å². The van der Waals surface area contributed by atoms with Crippen molar-refractivity contribution in [1.82, 2.24) is 20.1 Å². The Hall–Kier alpha value is -2.26. The summed E-state index contributed by atoms with van der Waals surface area (Å²) in [5.74, 6) is 0.221. The first-order valence-electron chi connectivity index (χ1n) is 10.4. The van der Waals surface area contributed by atoms with Crippen molar-refractivity contribution in [3.63, 3.8) is 0 Å². The van der Waals surface area contributed by atoms with E-state index in [4.69, 9.17) is 34.8 Å². The molecule has 1 heterocycles. The lowest BCUT2D eigenvalue weighted by Gasteiger charge is -2.21. The Balaban J connectivity index is 1.68. The SMILES string of the molecule is Cc1ccc(C(=O)N[C@H](c2nnc(SCC(=O)Nc3c(Cl)cc(Cl)cc3Cl)n2C)C(C)C)cc1. The monoisotopic (exact) mass is 539 g/mol. The first-order chi connectivity index (χ1) is 16.1. The molecule has 0 spiro atoms. The van der Waals surface area contributed by atoms with E-state index < -0.39 is 0 Å². The molecule has 0 aliphatic carbocycles. The average Bonchev–Trinajstić information content (AvgIpc) is 3.13. The van der Waals surface area contributed by atoms with Gasteiger partial charge in [-0.15, -0.1) is 10.2 Å². The summed E-state index contributed by atoms with van der Waals surface area (Å²) >= 11 is 19.4. The molecule has 1 atom stereocenters. The summed E-state index contributed by atoms with van der Waals surface area (Å²) in [5.41, 5.74) is 1.96. The third kappa shape index (κ3) is 6.44. The van der Waals surface area contributed by atoms with Crippen LogP contribution in [0.2, 0.25) is 15.1 Å². The number of aryl methyl sites for hydroxylation is 1. The highest BCUT2D eigenvalue weighted by Gasteiger charge is 2.25. The summed E-state index contributed by atoms with van der Waals surface area (Å²) in [6, 6.07) is 10.0. The molecular weight excluding hydrogens is 517 g/mol. The van der Waals surface area contributed by atoms with Gasteiger partial charge in [-0.2, -0.15) is 0 Å². The van der Waals surface area contributed by atoms with Gasteiger partial charge in [0, 0.05) is 17.6 Å². The van der Waals surface area contributed by atoms with Crippen LogP contribution < -0.4 is 10.6 Å². The molecule has 2 amide bonds. The number of anilines is 1. The molecule has 11 heteroatoms. The Morgan fingerprint density at radius 3 is 2.26 bits per heavy atom. The van der Waals surface area contributed by atoms with E-state index in [2.05, 4.69) is 20.8 Å². The van der Waals surface area contributed by atoms with E-state index in [1.807, 2.05) is 32.9 Å². The zero-order valence-electron chi connectivity index (χ0n) is 19.0. The number of nitrogens with zero attached hydrogens (tertiary/aromatic N) is 3. The summed E-state index contributed by atoms with van der Waals surface area (Å²) in [6.07, 6.45) is 0. The fraction of sp³-hybridized carbons (Fsp3) is 0.304. The molecule has 2 N–H and O–H groups in total. The Labute approximate surface area is 217 Å². The highest BCUT2D eigenvalue weighted by atomic mass is 35.5. The number of halogens is 3. The number of hydrogen-bond donors (Lipinski definition) is 2. The first kappa shape index (κ1) is 26.3. The quantitative estimate of drug-likeness (QED) is 0.345. The van der Waals surface area contributed by atoms with Crippen molar-refractivity contribution in [3.05, 3.63) is 68.4 Å². The Morgan fingerprint density at radius 2 is 1.68 bits per heavy atom. The molecule has 0 unspecified atom stereocenters. The maximum absolute atomic E-state index is 12.8. The van der Waals surface area contributed by atoms with E-state index >= 15 is 0 Å². The van der Waals surface area contributed by atoms with Gasteiger partial charge in [-0.05, 0) is 37.1 Å². The van der Waals surface area contributed by atoms with Crippen LogP contribution in [0.4, 0.5) is 5.69 Å². The van der Waals surface area contributed by atoms with Crippen molar-refractivity contribution in [1.29, 1.82) is 0 Å². The molecular formula is C23H24Cl3N5O2S. The highest BCUT2D eigenvalue weighted by Crippen LogP contribution is 2.34. The molecule has 0 bridgehead atoms. The second kappa shape index (κ2) is 11.4. The second-order valence-electron chi connectivity index (χ2n) is 8.04. The minimum absolute atomic E-state index is 0.0589. The fourth-order valence-electron chi connectivity index (χ4n) is 3.15. The lowest BCUT2D eigenvalue weighted by Crippen LogP contribution is -2.33. The minimum Gasteiger partial charge on any atom is -0.342 e. The van der Waals surface area contributed by atoms with Gasteiger partial charge in [0.25, 0.3) is 5.91 Å². The van der Waals surface area contributed by atoms with Crippen LogP contribution in [-0.2, 0) is 11.8 Å². The molecule has 1 aromatic heterocycles. The Bertz CT molecular complexity index is 1170. The van der Waals surface area contributed by atoms with Gasteiger partial charge < -0.3 is 15.2 Å². The lowest BCUT2D eigenvalue weighted by atomic mass is 10.0. The zero-order valence-corrected chi connectivity index (χ0v) is 22.1. The summed E-state index contributed by atoms with van der Waals surface area (Å²) in [4.78, 5) is 25.2. The zero-order chi connectivity index (χ0) is 25.0. The van der Waals surface area contributed by atoms with Crippen molar-refractivity contribution in [2.75, 3.05) is 11.1 Å². The maximum Gasteiger partial charge on any atom is 0.251 e. The topological polar surface area (TPSA) is 88.9 Å². The number of hydrogen-bond acceptors (Lipinski definition) is 5. The van der Waals surface area contributed by atoms with Crippen LogP contribution in [0.25, 0.3) is 0 Å².